The Kier molecular flexibility index (Phi) is 6.76. The Morgan fingerprint density at radius 1 is 1.08 bits per heavy atom. The number of nitrogens with zero attached hydrogens (tertiary/aromatic N) is 8. The van der Waals surface area contributed by atoms with Crippen molar-refractivity contribution in [2.24, 2.45) is 0 Å². The van der Waals surface area contributed by atoms with E-state index in [1.54, 1.807) is 20.5 Å². The molecule has 2 aliphatic heterocycles. The molecule has 38 heavy (non-hydrogen) atoms. The molecule has 3 aromatic rings. The number of fused-ring (bicyclic) bond motifs is 1. The third-order valence-corrected chi connectivity index (χ3v) is 6.94. The number of carbonyl (C=O) groups is 2. The summed E-state index contributed by atoms with van der Waals surface area (Å²) in [5.74, 6) is 0.847. The van der Waals surface area contributed by atoms with Crippen LogP contribution in [-0.4, -0.2) is 104 Å². The fourth-order valence-electron chi connectivity index (χ4n) is 5.03. The minimum atomic E-state index is -0.559. The van der Waals surface area contributed by atoms with Gasteiger partial charge in [0.05, 0.1) is 42.5 Å². The first kappa shape index (κ1) is 26.0. The van der Waals surface area contributed by atoms with E-state index < -0.39 is 5.60 Å². The molecule has 3 aromatic heterocycles. The highest BCUT2D eigenvalue weighted by molar-refractivity contribution is 5.81. The Morgan fingerprint density at radius 3 is 2.47 bits per heavy atom. The number of amides is 2. The first-order valence-electron chi connectivity index (χ1n) is 13.1. The van der Waals surface area contributed by atoms with E-state index in [9.17, 15) is 9.59 Å². The number of morpholine rings is 1. The van der Waals surface area contributed by atoms with Crippen LogP contribution in [0.2, 0.25) is 0 Å². The highest BCUT2D eigenvalue weighted by Gasteiger charge is 2.31. The summed E-state index contributed by atoms with van der Waals surface area (Å²) < 4.78 is 14.3. The molecule has 0 N–H and O–H groups in total. The van der Waals surface area contributed by atoms with E-state index in [-0.39, 0.29) is 18.2 Å². The van der Waals surface area contributed by atoms with E-state index in [4.69, 9.17) is 14.5 Å². The fourth-order valence-corrected chi connectivity index (χ4v) is 5.03. The van der Waals surface area contributed by atoms with E-state index in [1.807, 2.05) is 46.8 Å². The molecular weight excluding hydrogens is 488 g/mol. The number of aromatic nitrogens is 5. The number of rotatable bonds is 2. The second kappa shape index (κ2) is 9.90. The summed E-state index contributed by atoms with van der Waals surface area (Å²) in [5, 5.41) is 9.14. The maximum absolute atomic E-state index is 13.5. The molecule has 5 heterocycles. The van der Waals surface area contributed by atoms with Gasteiger partial charge in [-0.25, -0.2) is 19.1 Å². The van der Waals surface area contributed by atoms with Gasteiger partial charge < -0.3 is 24.2 Å². The maximum Gasteiger partial charge on any atom is 0.410 e. The Balaban J connectivity index is 1.41. The number of anilines is 1. The van der Waals surface area contributed by atoms with Crippen LogP contribution in [0.3, 0.4) is 0 Å². The van der Waals surface area contributed by atoms with E-state index in [2.05, 4.69) is 22.0 Å². The SMILES string of the molecule is Cc1nn(C(=O)N2CCN(C(=O)OC(C)(C)C)CC2)c(C)c1-c1cc(N2CCOC[C@H]2C)nc2ccnn12. The largest absolute Gasteiger partial charge is 0.444 e. The second-order valence-electron chi connectivity index (χ2n) is 10.9. The molecule has 2 amide bonds. The van der Waals surface area contributed by atoms with Gasteiger partial charge in [-0.15, -0.1) is 0 Å². The van der Waals surface area contributed by atoms with Gasteiger partial charge in [-0.1, -0.05) is 0 Å². The van der Waals surface area contributed by atoms with E-state index in [0.717, 1.165) is 40.7 Å². The van der Waals surface area contributed by atoms with Crippen molar-refractivity contribution in [2.45, 2.75) is 53.2 Å². The summed E-state index contributed by atoms with van der Waals surface area (Å²) in [4.78, 5) is 36.4. The average molecular weight is 525 g/mol. The number of aryl methyl sites for hydroxylation is 1. The molecule has 0 aromatic carbocycles. The molecule has 12 heteroatoms. The Morgan fingerprint density at radius 2 is 1.79 bits per heavy atom. The van der Waals surface area contributed by atoms with Gasteiger partial charge in [-0.3, -0.25) is 0 Å². The van der Waals surface area contributed by atoms with Crippen LogP contribution in [0.25, 0.3) is 16.9 Å². The van der Waals surface area contributed by atoms with Crippen molar-refractivity contribution in [3.05, 3.63) is 29.7 Å². The third-order valence-electron chi connectivity index (χ3n) is 6.94. The summed E-state index contributed by atoms with van der Waals surface area (Å²) in [7, 11) is 0. The summed E-state index contributed by atoms with van der Waals surface area (Å²) in [6, 6.07) is 3.88. The summed E-state index contributed by atoms with van der Waals surface area (Å²) in [5.41, 5.74) is 3.31. The quantitative estimate of drug-likeness (QED) is 0.503. The van der Waals surface area contributed by atoms with Crippen molar-refractivity contribution >= 4 is 23.6 Å². The second-order valence-corrected chi connectivity index (χ2v) is 10.9. The highest BCUT2D eigenvalue weighted by atomic mass is 16.6. The number of ether oxygens (including phenoxy) is 2. The van der Waals surface area contributed by atoms with Crippen molar-refractivity contribution in [2.75, 3.05) is 50.8 Å². The normalized spacial score (nSPS) is 18.8. The van der Waals surface area contributed by atoms with Crippen LogP contribution in [0.15, 0.2) is 18.3 Å². The molecule has 2 fully saturated rings. The average Bonchev–Trinajstić information content (AvgIpc) is 3.46. The molecule has 1 atom stereocenters. The zero-order valence-electron chi connectivity index (χ0n) is 23.0. The molecule has 0 saturated carbocycles. The first-order chi connectivity index (χ1) is 18.0. The molecule has 2 aliphatic rings. The molecular formula is C26H36N8O4. The molecule has 204 valence electrons. The number of carbonyl (C=O) groups excluding carboxylic acids is 2. The van der Waals surface area contributed by atoms with Crippen LogP contribution < -0.4 is 4.90 Å². The topological polar surface area (TPSA) is 110 Å². The maximum atomic E-state index is 13.5. The molecule has 2 saturated heterocycles. The Labute approximate surface area is 222 Å². The molecule has 0 spiro atoms. The third kappa shape index (κ3) is 4.92. The highest BCUT2D eigenvalue weighted by Crippen LogP contribution is 2.31. The van der Waals surface area contributed by atoms with Crippen molar-refractivity contribution in [3.8, 4) is 11.3 Å². The van der Waals surface area contributed by atoms with Gasteiger partial charge in [-0.2, -0.15) is 14.9 Å². The van der Waals surface area contributed by atoms with Gasteiger partial charge in [0, 0.05) is 50.4 Å². The lowest BCUT2D eigenvalue weighted by atomic mass is 10.1. The molecule has 0 radical (unpaired) electrons. The van der Waals surface area contributed by atoms with Crippen molar-refractivity contribution in [1.82, 2.24) is 34.2 Å². The summed E-state index contributed by atoms with van der Waals surface area (Å²) >= 11 is 0. The lowest BCUT2D eigenvalue weighted by Gasteiger charge is -2.35. The minimum absolute atomic E-state index is 0.195. The summed E-state index contributed by atoms with van der Waals surface area (Å²) in [6.45, 7) is 15.1. The lowest BCUT2D eigenvalue weighted by molar-refractivity contribution is 0.0169. The van der Waals surface area contributed by atoms with Crippen LogP contribution in [0.4, 0.5) is 15.4 Å². The van der Waals surface area contributed by atoms with Crippen molar-refractivity contribution in [1.29, 1.82) is 0 Å². The molecule has 12 nitrogen and oxygen atoms in total. The predicted octanol–water partition coefficient (Wildman–Crippen LogP) is 2.96. The van der Waals surface area contributed by atoms with Crippen molar-refractivity contribution in [3.63, 3.8) is 0 Å². The van der Waals surface area contributed by atoms with Crippen LogP contribution >= 0.6 is 0 Å². The van der Waals surface area contributed by atoms with Crippen LogP contribution in [0.1, 0.15) is 39.1 Å². The standard InChI is InChI=1S/C26H36N8O4/c1-17-16-37-14-13-32(17)22-15-20(34-21(28-22)7-8-27-34)23-18(2)29-33(19(23)3)24(35)30-9-11-31(12-10-30)25(36)38-26(4,5)6/h7-8,15,17H,9-14,16H2,1-6H3/t17-/m1/s1. The molecule has 0 bridgehead atoms. The number of hydrogen-bond acceptors (Lipinski definition) is 8. The summed E-state index contributed by atoms with van der Waals surface area (Å²) in [6.07, 6.45) is 1.37. The van der Waals surface area contributed by atoms with Gasteiger partial charge in [0.1, 0.15) is 11.4 Å². The lowest BCUT2D eigenvalue weighted by Crippen LogP contribution is -2.52. The molecule has 5 rings (SSSR count). The number of hydrogen-bond donors (Lipinski definition) is 0. The van der Waals surface area contributed by atoms with Gasteiger partial charge in [0.25, 0.3) is 0 Å². The molecule has 0 aliphatic carbocycles. The van der Waals surface area contributed by atoms with Crippen LogP contribution in [-0.2, 0) is 9.47 Å². The minimum Gasteiger partial charge on any atom is -0.444 e. The van der Waals surface area contributed by atoms with Gasteiger partial charge in [0.2, 0.25) is 0 Å². The van der Waals surface area contributed by atoms with Gasteiger partial charge in [0.15, 0.2) is 5.65 Å². The van der Waals surface area contributed by atoms with Crippen LogP contribution in [0.5, 0.6) is 0 Å². The fraction of sp³-hybridized carbons (Fsp3) is 0.577. The van der Waals surface area contributed by atoms with Crippen LogP contribution in [0, 0.1) is 13.8 Å². The Hall–Kier alpha value is -3.67. The first-order valence-corrected chi connectivity index (χ1v) is 13.1. The van der Waals surface area contributed by atoms with Gasteiger partial charge in [-0.05, 0) is 41.5 Å². The Bertz CT molecular complexity index is 1350. The van der Waals surface area contributed by atoms with Crippen molar-refractivity contribution < 1.29 is 19.1 Å². The zero-order valence-corrected chi connectivity index (χ0v) is 23.0. The smallest absolute Gasteiger partial charge is 0.410 e. The molecule has 0 unspecified atom stereocenters. The monoisotopic (exact) mass is 524 g/mol. The van der Waals surface area contributed by atoms with E-state index >= 15 is 0 Å². The predicted molar refractivity (Wildman–Crippen MR) is 141 cm³/mol. The van der Waals surface area contributed by atoms with Gasteiger partial charge >= 0.3 is 12.1 Å². The zero-order chi connectivity index (χ0) is 27.2. The number of piperazine rings is 1. The van der Waals surface area contributed by atoms with E-state index in [1.165, 1.54) is 4.68 Å². The van der Waals surface area contributed by atoms with E-state index in [0.29, 0.717) is 39.4 Å².